The Bertz CT molecular complexity index is 736. The highest BCUT2D eigenvalue weighted by atomic mass is 32.3. The maximum absolute atomic E-state index is 10.8. The molecule has 1 aliphatic heterocycles. The molecule has 0 aliphatic carbocycles. The van der Waals surface area contributed by atoms with Crippen LogP contribution < -0.4 is 0 Å². The van der Waals surface area contributed by atoms with Crippen LogP contribution in [-0.4, -0.2) is 86.4 Å². The molecule has 1 heterocycles. The topological polar surface area (TPSA) is 240 Å². The Morgan fingerprint density at radius 3 is 1.67 bits per heavy atom. The van der Waals surface area contributed by atoms with Crippen LogP contribution in [0.5, 0.6) is 0 Å². The van der Waals surface area contributed by atoms with Gasteiger partial charge in [0.05, 0.1) is 6.61 Å². The van der Waals surface area contributed by atoms with E-state index in [0.717, 1.165) is 0 Å². The number of hydrogen-bond acceptors (Lipinski definition) is 12. The van der Waals surface area contributed by atoms with E-state index in [0.29, 0.717) is 0 Å². The van der Waals surface area contributed by atoms with E-state index in [-0.39, 0.29) is 0 Å². The van der Waals surface area contributed by atoms with Crippen LogP contribution in [0, 0.1) is 0 Å². The number of aliphatic hydroxyl groups is 2. The summed E-state index contributed by atoms with van der Waals surface area (Å²) in [6, 6.07) is 0. The van der Waals surface area contributed by atoms with Crippen molar-refractivity contribution < 1.29 is 66.4 Å². The Morgan fingerprint density at radius 2 is 1.25 bits per heavy atom. The summed E-state index contributed by atoms with van der Waals surface area (Å²) in [4.78, 5) is 0. The lowest BCUT2D eigenvalue weighted by molar-refractivity contribution is -0.275. The summed E-state index contributed by atoms with van der Waals surface area (Å²) in [7, 11) is -15.6. The number of ether oxygens (including phenoxy) is 1. The second kappa shape index (κ2) is 7.39. The molecule has 0 spiro atoms. The van der Waals surface area contributed by atoms with Gasteiger partial charge in [0, 0.05) is 0 Å². The van der Waals surface area contributed by atoms with Crippen LogP contribution in [0.1, 0.15) is 0 Å². The molecule has 0 bridgehead atoms. The van der Waals surface area contributed by atoms with Crippen LogP contribution in [0.15, 0.2) is 0 Å². The van der Waals surface area contributed by atoms with Crippen molar-refractivity contribution in [2.24, 2.45) is 0 Å². The second-order valence-corrected chi connectivity index (χ2v) is 7.43. The first kappa shape index (κ1) is 21.5. The molecule has 1 saturated heterocycles. The molecule has 0 aromatic rings. The quantitative estimate of drug-likeness (QED) is 0.248. The van der Waals surface area contributed by atoms with E-state index in [9.17, 15) is 35.5 Å². The first-order chi connectivity index (χ1) is 10.6. The van der Waals surface area contributed by atoms with Gasteiger partial charge in [-0.3, -0.25) is 13.7 Å². The van der Waals surface area contributed by atoms with E-state index >= 15 is 0 Å². The summed E-state index contributed by atoms with van der Waals surface area (Å²) in [5.41, 5.74) is 0. The first-order valence-electron chi connectivity index (χ1n) is 5.54. The maximum Gasteiger partial charge on any atom is 0.397 e. The van der Waals surface area contributed by atoms with Gasteiger partial charge < -0.3 is 14.9 Å². The van der Waals surface area contributed by atoms with Crippen LogP contribution in [0.4, 0.5) is 0 Å². The van der Waals surface area contributed by atoms with Crippen LogP contribution >= 0.6 is 0 Å². The number of hydrogen-bond donors (Lipinski definition) is 5. The molecule has 5 atom stereocenters. The molecule has 5 N–H and O–H groups in total. The van der Waals surface area contributed by atoms with E-state index in [2.05, 4.69) is 17.3 Å². The second-order valence-electron chi connectivity index (χ2n) is 4.25. The molecular weight excluding hydrogens is 408 g/mol. The zero-order valence-corrected chi connectivity index (χ0v) is 13.6. The van der Waals surface area contributed by atoms with Crippen molar-refractivity contribution in [2.75, 3.05) is 6.61 Å². The number of rotatable bonds is 7. The molecule has 18 heteroatoms. The SMILES string of the molecule is O=S(=O)(O)OC[C@H]1O[C@H](O)[C@H](OS(=O)(=O)O)[C@@H](OS(=O)(=O)O)[C@@H]1O. The molecule has 144 valence electrons. The fourth-order valence-electron chi connectivity index (χ4n) is 1.69. The Labute approximate surface area is 135 Å². The first-order valence-corrected chi connectivity index (χ1v) is 9.63. The molecular formula is C6H12O15S3. The Hall–Kier alpha value is -0.510. The minimum absolute atomic E-state index is 1.17. The predicted octanol–water partition coefficient (Wildman–Crippen LogP) is -3.74. The van der Waals surface area contributed by atoms with Gasteiger partial charge in [-0.15, -0.1) is 0 Å². The molecule has 24 heavy (non-hydrogen) atoms. The summed E-state index contributed by atoms with van der Waals surface area (Å²) >= 11 is 0. The van der Waals surface area contributed by atoms with Crippen LogP contribution in [0.2, 0.25) is 0 Å². The standard InChI is InChI=1S/C6H12O15S3/c7-3-2(1-18-22(9,10)11)19-6(8)5(21-24(15,16)17)4(3)20-23(12,13)14/h2-8H,1H2,(H,9,10,11)(H,12,13,14)(H,15,16,17)/t2-,3-,4+,5-,6+/m1/s1. The van der Waals surface area contributed by atoms with Gasteiger partial charge in [-0.05, 0) is 0 Å². The Kier molecular flexibility index (Phi) is 6.63. The summed E-state index contributed by atoms with van der Waals surface area (Å²) in [5, 5.41) is 19.4. The molecule has 0 aromatic heterocycles. The van der Waals surface area contributed by atoms with Crippen LogP contribution in [-0.2, 0) is 48.5 Å². The zero-order valence-electron chi connectivity index (χ0n) is 11.1. The summed E-state index contributed by atoms with van der Waals surface area (Å²) in [6.45, 7) is -1.17. The summed E-state index contributed by atoms with van der Waals surface area (Å²) in [6.07, 6.45) is -11.3. The number of aliphatic hydroxyl groups excluding tert-OH is 2. The third-order valence-corrected chi connectivity index (χ3v) is 3.85. The Morgan fingerprint density at radius 1 is 0.792 bits per heavy atom. The molecule has 0 amide bonds. The lowest BCUT2D eigenvalue weighted by atomic mass is 9.99. The molecule has 0 unspecified atom stereocenters. The molecule has 1 aliphatic rings. The summed E-state index contributed by atoms with van der Waals surface area (Å²) in [5.74, 6) is 0. The van der Waals surface area contributed by atoms with Gasteiger partial charge in [0.2, 0.25) is 0 Å². The van der Waals surface area contributed by atoms with Crippen LogP contribution in [0.25, 0.3) is 0 Å². The van der Waals surface area contributed by atoms with Crippen molar-refractivity contribution in [3.05, 3.63) is 0 Å². The van der Waals surface area contributed by atoms with E-state index in [1.54, 1.807) is 0 Å². The average Bonchev–Trinajstić information content (AvgIpc) is 2.32. The lowest BCUT2D eigenvalue weighted by Crippen LogP contribution is -2.61. The highest BCUT2D eigenvalue weighted by Crippen LogP contribution is 2.27. The van der Waals surface area contributed by atoms with E-state index in [1.165, 1.54) is 0 Å². The van der Waals surface area contributed by atoms with Crippen molar-refractivity contribution in [3.63, 3.8) is 0 Å². The van der Waals surface area contributed by atoms with Gasteiger partial charge in [-0.1, -0.05) is 0 Å². The zero-order chi connectivity index (χ0) is 18.9. The molecule has 15 nitrogen and oxygen atoms in total. The van der Waals surface area contributed by atoms with E-state index in [4.69, 9.17) is 13.7 Å². The minimum Gasteiger partial charge on any atom is -0.387 e. The molecule has 0 saturated carbocycles. The summed E-state index contributed by atoms with van der Waals surface area (Å²) < 4.78 is 106. The van der Waals surface area contributed by atoms with Gasteiger partial charge in [0.15, 0.2) is 12.4 Å². The van der Waals surface area contributed by atoms with Crippen molar-refractivity contribution in [2.45, 2.75) is 30.7 Å². The fraction of sp³-hybridized carbons (Fsp3) is 1.00. The van der Waals surface area contributed by atoms with Gasteiger partial charge in [0.25, 0.3) is 0 Å². The maximum atomic E-state index is 10.8. The Balaban J connectivity index is 3.08. The van der Waals surface area contributed by atoms with Crippen molar-refractivity contribution in [1.29, 1.82) is 0 Å². The largest absolute Gasteiger partial charge is 0.397 e. The van der Waals surface area contributed by atoms with Gasteiger partial charge in [0.1, 0.15) is 18.3 Å². The van der Waals surface area contributed by atoms with Crippen LogP contribution in [0.3, 0.4) is 0 Å². The monoisotopic (exact) mass is 420 g/mol. The highest BCUT2D eigenvalue weighted by molar-refractivity contribution is 7.81. The average molecular weight is 420 g/mol. The van der Waals surface area contributed by atoms with E-state index in [1.807, 2.05) is 0 Å². The molecule has 0 radical (unpaired) electrons. The van der Waals surface area contributed by atoms with Gasteiger partial charge in [-0.2, -0.15) is 25.3 Å². The normalized spacial score (nSPS) is 32.6. The van der Waals surface area contributed by atoms with E-state index < -0.39 is 68.5 Å². The third kappa shape index (κ3) is 7.16. The molecule has 1 rings (SSSR count). The molecule has 1 fully saturated rings. The van der Waals surface area contributed by atoms with Gasteiger partial charge in [-0.25, -0.2) is 12.5 Å². The third-order valence-electron chi connectivity index (χ3n) is 2.48. The van der Waals surface area contributed by atoms with Crippen molar-refractivity contribution >= 4 is 31.2 Å². The fourth-order valence-corrected chi connectivity index (χ4v) is 2.99. The smallest absolute Gasteiger partial charge is 0.387 e. The predicted molar refractivity (Wildman–Crippen MR) is 67.2 cm³/mol. The highest BCUT2D eigenvalue weighted by Gasteiger charge is 2.50. The lowest BCUT2D eigenvalue weighted by Gasteiger charge is -2.40. The van der Waals surface area contributed by atoms with Crippen molar-refractivity contribution in [3.8, 4) is 0 Å². The van der Waals surface area contributed by atoms with Crippen molar-refractivity contribution in [1.82, 2.24) is 0 Å². The molecule has 0 aromatic carbocycles. The van der Waals surface area contributed by atoms with Gasteiger partial charge >= 0.3 is 31.2 Å². The minimum atomic E-state index is -5.33.